The molecule has 1 aromatic carbocycles. The van der Waals surface area contributed by atoms with Gasteiger partial charge < -0.3 is 5.32 Å². The minimum absolute atomic E-state index is 0.449. The third-order valence-electron chi connectivity index (χ3n) is 1.42. The Morgan fingerprint density at radius 1 is 1.31 bits per heavy atom. The Balaban J connectivity index is 2.81. The highest BCUT2D eigenvalue weighted by Crippen LogP contribution is 2.29. The standard InChI is InChI=1S/C9H8Cl3N/c1-6(10)5-13-9-7(11)3-2-4-8(9)12/h2-4,13H,1,5H2. The topological polar surface area (TPSA) is 12.0 Å². The van der Waals surface area contributed by atoms with Gasteiger partial charge >= 0.3 is 0 Å². The lowest BCUT2D eigenvalue weighted by Crippen LogP contribution is -2.01. The molecule has 0 radical (unpaired) electrons. The van der Waals surface area contributed by atoms with E-state index >= 15 is 0 Å². The molecule has 70 valence electrons. The minimum Gasteiger partial charge on any atom is -0.378 e. The molecule has 0 unspecified atom stereocenters. The molecule has 1 rings (SSSR count). The van der Waals surface area contributed by atoms with Crippen LogP contribution in [0.4, 0.5) is 5.69 Å². The molecule has 1 aromatic rings. The zero-order chi connectivity index (χ0) is 9.84. The lowest BCUT2D eigenvalue weighted by atomic mass is 10.3. The molecular formula is C9H8Cl3N. The summed E-state index contributed by atoms with van der Waals surface area (Å²) >= 11 is 17.4. The van der Waals surface area contributed by atoms with Gasteiger partial charge in [-0.1, -0.05) is 47.4 Å². The van der Waals surface area contributed by atoms with Crippen molar-refractivity contribution in [3.63, 3.8) is 0 Å². The van der Waals surface area contributed by atoms with Crippen LogP contribution >= 0.6 is 34.8 Å². The van der Waals surface area contributed by atoms with E-state index in [1.807, 2.05) is 0 Å². The molecule has 4 heteroatoms. The van der Waals surface area contributed by atoms with Crippen LogP contribution in [0.25, 0.3) is 0 Å². The fraction of sp³-hybridized carbons (Fsp3) is 0.111. The van der Waals surface area contributed by atoms with Gasteiger partial charge in [-0.2, -0.15) is 0 Å². The van der Waals surface area contributed by atoms with Gasteiger partial charge in [-0.3, -0.25) is 0 Å². The molecule has 0 aliphatic heterocycles. The highest BCUT2D eigenvalue weighted by molar-refractivity contribution is 6.39. The highest BCUT2D eigenvalue weighted by atomic mass is 35.5. The Morgan fingerprint density at radius 3 is 2.31 bits per heavy atom. The second kappa shape index (κ2) is 4.75. The Hall–Kier alpha value is -0.370. The Bertz CT molecular complexity index is 302. The molecule has 0 heterocycles. The fourth-order valence-corrected chi connectivity index (χ4v) is 1.45. The zero-order valence-corrected chi connectivity index (χ0v) is 9.05. The second-order valence-corrected chi connectivity index (χ2v) is 3.82. The number of hydrogen-bond donors (Lipinski definition) is 1. The molecule has 0 bridgehead atoms. The third-order valence-corrected chi connectivity index (χ3v) is 2.18. The van der Waals surface area contributed by atoms with Crippen molar-refractivity contribution in [2.24, 2.45) is 0 Å². The third kappa shape index (κ3) is 3.11. The molecule has 1 N–H and O–H groups in total. The van der Waals surface area contributed by atoms with Crippen LogP contribution in [0, 0.1) is 0 Å². The Labute approximate surface area is 92.3 Å². The van der Waals surface area contributed by atoms with Crippen molar-refractivity contribution in [1.82, 2.24) is 0 Å². The van der Waals surface area contributed by atoms with Crippen LogP contribution in [0.15, 0.2) is 29.8 Å². The first kappa shape index (κ1) is 10.7. The first-order valence-corrected chi connectivity index (χ1v) is 4.76. The van der Waals surface area contributed by atoms with Gasteiger partial charge in [-0.05, 0) is 12.1 Å². The number of nitrogens with one attached hydrogen (secondary N) is 1. The molecule has 0 aliphatic rings. The summed E-state index contributed by atoms with van der Waals surface area (Å²) in [5, 5.41) is 4.64. The van der Waals surface area contributed by atoms with Gasteiger partial charge in [0.15, 0.2) is 0 Å². The number of hydrogen-bond acceptors (Lipinski definition) is 1. The minimum atomic E-state index is 0.449. The summed E-state index contributed by atoms with van der Waals surface area (Å²) in [5.74, 6) is 0. The molecule has 0 saturated heterocycles. The summed E-state index contributed by atoms with van der Waals surface area (Å²) in [6.07, 6.45) is 0. The van der Waals surface area contributed by atoms with E-state index < -0.39 is 0 Å². The van der Waals surface area contributed by atoms with Crippen LogP contribution in [-0.4, -0.2) is 6.54 Å². The quantitative estimate of drug-likeness (QED) is 0.831. The number of benzene rings is 1. The van der Waals surface area contributed by atoms with E-state index in [0.717, 1.165) is 0 Å². The highest BCUT2D eigenvalue weighted by Gasteiger charge is 2.03. The molecule has 0 spiro atoms. The molecule has 0 atom stereocenters. The number of anilines is 1. The van der Waals surface area contributed by atoms with Crippen molar-refractivity contribution < 1.29 is 0 Å². The predicted octanol–water partition coefficient (Wildman–Crippen LogP) is 4.16. The van der Waals surface area contributed by atoms with Crippen LogP contribution < -0.4 is 5.32 Å². The zero-order valence-electron chi connectivity index (χ0n) is 6.78. The van der Waals surface area contributed by atoms with Crippen molar-refractivity contribution in [2.45, 2.75) is 0 Å². The van der Waals surface area contributed by atoms with Gasteiger partial charge in [-0.15, -0.1) is 0 Å². The maximum atomic E-state index is 5.89. The SMILES string of the molecule is C=C(Cl)CNc1c(Cl)cccc1Cl. The van der Waals surface area contributed by atoms with Gasteiger partial charge in [0, 0.05) is 5.03 Å². The Morgan fingerprint density at radius 2 is 1.85 bits per heavy atom. The maximum Gasteiger partial charge on any atom is 0.0721 e. The summed E-state index contributed by atoms with van der Waals surface area (Å²) in [6.45, 7) is 4.00. The summed E-state index contributed by atoms with van der Waals surface area (Å²) in [5.41, 5.74) is 0.688. The van der Waals surface area contributed by atoms with Crippen LogP contribution in [0.5, 0.6) is 0 Å². The second-order valence-electron chi connectivity index (χ2n) is 2.47. The first-order valence-electron chi connectivity index (χ1n) is 3.62. The van der Waals surface area contributed by atoms with Crippen LogP contribution in [-0.2, 0) is 0 Å². The first-order chi connectivity index (χ1) is 6.11. The van der Waals surface area contributed by atoms with Crippen molar-refractivity contribution in [2.75, 3.05) is 11.9 Å². The number of para-hydroxylation sites is 1. The molecule has 0 fully saturated rings. The lowest BCUT2D eigenvalue weighted by Gasteiger charge is -2.08. The monoisotopic (exact) mass is 235 g/mol. The van der Waals surface area contributed by atoms with Crippen LogP contribution in [0.2, 0.25) is 10.0 Å². The van der Waals surface area contributed by atoms with Gasteiger partial charge in [0.05, 0.1) is 22.3 Å². The van der Waals surface area contributed by atoms with Crippen molar-refractivity contribution in [3.05, 3.63) is 39.9 Å². The molecule has 0 saturated carbocycles. The predicted molar refractivity (Wildman–Crippen MR) is 59.9 cm³/mol. The van der Waals surface area contributed by atoms with Crippen LogP contribution in [0.1, 0.15) is 0 Å². The maximum absolute atomic E-state index is 5.89. The van der Waals surface area contributed by atoms with Gasteiger partial charge in [0.1, 0.15) is 0 Å². The van der Waals surface area contributed by atoms with Crippen molar-refractivity contribution >= 4 is 40.5 Å². The van der Waals surface area contributed by atoms with Crippen molar-refractivity contribution in [3.8, 4) is 0 Å². The molecule has 0 amide bonds. The van der Waals surface area contributed by atoms with E-state index in [1.54, 1.807) is 18.2 Å². The van der Waals surface area contributed by atoms with Crippen LogP contribution in [0.3, 0.4) is 0 Å². The number of rotatable bonds is 3. The molecule has 13 heavy (non-hydrogen) atoms. The average Bonchev–Trinajstić information content (AvgIpc) is 2.03. The molecular weight excluding hydrogens is 228 g/mol. The summed E-state index contributed by atoms with van der Waals surface area (Å²) in [6, 6.07) is 5.30. The van der Waals surface area contributed by atoms with Crippen molar-refractivity contribution in [1.29, 1.82) is 0 Å². The lowest BCUT2D eigenvalue weighted by molar-refractivity contribution is 1.32. The fourth-order valence-electron chi connectivity index (χ4n) is 0.851. The normalized spacial score (nSPS) is 9.77. The molecule has 0 aliphatic carbocycles. The summed E-state index contributed by atoms with van der Waals surface area (Å²) in [7, 11) is 0. The average molecular weight is 237 g/mol. The van der Waals surface area contributed by atoms with Gasteiger partial charge in [-0.25, -0.2) is 0 Å². The summed E-state index contributed by atoms with van der Waals surface area (Å²) < 4.78 is 0. The molecule has 0 aromatic heterocycles. The van der Waals surface area contributed by atoms with E-state index in [0.29, 0.717) is 27.3 Å². The summed E-state index contributed by atoms with van der Waals surface area (Å²) in [4.78, 5) is 0. The van der Waals surface area contributed by atoms with Gasteiger partial charge in [0.2, 0.25) is 0 Å². The molecule has 1 nitrogen and oxygen atoms in total. The van der Waals surface area contributed by atoms with E-state index in [1.165, 1.54) is 0 Å². The Kier molecular flexibility index (Phi) is 3.91. The smallest absolute Gasteiger partial charge is 0.0721 e. The largest absolute Gasteiger partial charge is 0.378 e. The van der Waals surface area contributed by atoms with E-state index in [4.69, 9.17) is 34.8 Å². The van der Waals surface area contributed by atoms with E-state index in [9.17, 15) is 0 Å². The van der Waals surface area contributed by atoms with E-state index in [-0.39, 0.29) is 0 Å². The number of halogens is 3. The van der Waals surface area contributed by atoms with E-state index in [2.05, 4.69) is 11.9 Å². The van der Waals surface area contributed by atoms with Gasteiger partial charge in [0.25, 0.3) is 0 Å².